The Morgan fingerprint density at radius 2 is 1.75 bits per heavy atom. The zero-order chi connectivity index (χ0) is 23.4. The fourth-order valence-corrected chi connectivity index (χ4v) is 8.88. The molecule has 0 aromatic rings. The van der Waals surface area contributed by atoms with Gasteiger partial charge in [-0.2, -0.15) is 0 Å². The molecule has 0 saturated heterocycles. The van der Waals surface area contributed by atoms with Gasteiger partial charge in [-0.1, -0.05) is 32.9 Å². The Balaban J connectivity index is 1.54. The van der Waals surface area contributed by atoms with Crippen molar-refractivity contribution < 1.29 is 25.2 Å². The lowest BCUT2D eigenvalue weighted by atomic mass is 9.43. The van der Waals surface area contributed by atoms with Crippen LogP contribution >= 0.6 is 0 Å². The number of rotatable bonds is 5. The first kappa shape index (κ1) is 24.2. The Labute approximate surface area is 193 Å². The molecule has 4 N–H and O–H groups in total. The van der Waals surface area contributed by atoms with Crippen molar-refractivity contribution in [2.45, 2.75) is 97.4 Å². The molecule has 32 heavy (non-hydrogen) atoms. The molecule has 0 heterocycles. The van der Waals surface area contributed by atoms with E-state index in [0.29, 0.717) is 29.6 Å². The number of aliphatic hydroxyl groups excluding tert-OH is 3. The van der Waals surface area contributed by atoms with Crippen LogP contribution in [0.1, 0.15) is 79.1 Å². The zero-order valence-electron chi connectivity index (χ0n) is 20.3. The number of allylic oxidation sites excluding steroid dienone is 1. The predicted octanol–water partition coefficient (Wildman–Crippen LogP) is 4.25. The van der Waals surface area contributed by atoms with Crippen molar-refractivity contribution in [3.63, 3.8) is 0 Å². The molecule has 0 spiro atoms. The van der Waals surface area contributed by atoms with E-state index in [1.807, 2.05) is 6.08 Å². The summed E-state index contributed by atoms with van der Waals surface area (Å²) < 4.78 is 0. The molecule has 0 aliphatic heterocycles. The van der Waals surface area contributed by atoms with Crippen molar-refractivity contribution in [2.24, 2.45) is 52.3 Å². The van der Waals surface area contributed by atoms with E-state index in [9.17, 15) is 20.1 Å². The minimum absolute atomic E-state index is 0.102. The van der Waals surface area contributed by atoms with Crippen LogP contribution in [0.15, 0.2) is 12.2 Å². The first-order valence-electron chi connectivity index (χ1n) is 12.9. The SMILES string of the molecule is C[C@H](/C=C/C[C@@H](C)[C@@H]1CC[C@@H]2[C@@H]3[C@H](O)C[C@@H]4C[C@H](O)CC[C@]4(C)[C@H]3C[C@H](O)[C@@]21C)C(=O)O. The van der Waals surface area contributed by atoms with Crippen molar-refractivity contribution in [3.05, 3.63) is 12.2 Å². The predicted molar refractivity (Wildman–Crippen MR) is 124 cm³/mol. The molecule has 4 fully saturated rings. The minimum Gasteiger partial charge on any atom is -0.481 e. The molecule has 182 valence electrons. The van der Waals surface area contributed by atoms with Crippen LogP contribution in [0.2, 0.25) is 0 Å². The molecule has 4 saturated carbocycles. The quantitative estimate of drug-likeness (QED) is 0.471. The molecule has 0 bridgehead atoms. The number of carboxylic acid groups (broad SMARTS) is 1. The third-order valence-electron chi connectivity index (χ3n) is 10.8. The van der Waals surface area contributed by atoms with Crippen LogP contribution in [-0.4, -0.2) is 44.7 Å². The van der Waals surface area contributed by atoms with Crippen molar-refractivity contribution in [1.29, 1.82) is 0 Å². The standard InChI is InChI=1S/C27H44O5/c1-15(6-5-7-16(2)25(31)32)19-8-9-20-24-21(14-23(30)27(19,20)4)26(3)11-10-18(28)12-17(26)13-22(24)29/h5,7,15-24,28-30H,6,8-14H2,1-4H3,(H,31,32)/b7-5+/t15-,16-,17+,18-,19+,20-,21+,22-,23+,24+,26+,27-/m1/s1. The van der Waals surface area contributed by atoms with Crippen molar-refractivity contribution in [3.8, 4) is 0 Å². The van der Waals surface area contributed by atoms with E-state index in [0.717, 1.165) is 51.4 Å². The zero-order valence-corrected chi connectivity index (χ0v) is 20.3. The Bertz CT molecular complexity index is 736. The van der Waals surface area contributed by atoms with Crippen molar-refractivity contribution in [2.75, 3.05) is 0 Å². The molecule has 0 aromatic carbocycles. The maximum atomic E-state index is 11.6. The van der Waals surface area contributed by atoms with Crippen LogP contribution in [0.3, 0.4) is 0 Å². The van der Waals surface area contributed by atoms with Gasteiger partial charge in [0.2, 0.25) is 0 Å². The summed E-state index contributed by atoms with van der Waals surface area (Å²) >= 11 is 0. The van der Waals surface area contributed by atoms with Gasteiger partial charge in [-0.25, -0.2) is 0 Å². The van der Waals surface area contributed by atoms with Crippen molar-refractivity contribution in [1.82, 2.24) is 0 Å². The summed E-state index contributed by atoms with van der Waals surface area (Å²) in [5.41, 5.74) is -0.101. The van der Waals surface area contributed by atoms with Gasteiger partial charge in [-0.3, -0.25) is 4.79 Å². The topological polar surface area (TPSA) is 98.0 Å². The maximum absolute atomic E-state index is 11.6. The number of aliphatic carboxylic acids is 1. The van der Waals surface area contributed by atoms with Gasteiger partial charge in [0.25, 0.3) is 0 Å². The summed E-state index contributed by atoms with van der Waals surface area (Å²) in [5.74, 6) is 0.684. The molecule has 4 aliphatic carbocycles. The fraction of sp³-hybridized carbons (Fsp3) is 0.889. The third-order valence-corrected chi connectivity index (χ3v) is 10.8. The molecule has 4 aliphatic rings. The highest BCUT2D eigenvalue weighted by Crippen LogP contribution is 2.68. The lowest BCUT2D eigenvalue weighted by Crippen LogP contribution is -2.62. The van der Waals surface area contributed by atoms with Gasteiger partial charge in [0.05, 0.1) is 24.2 Å². The van der Waals surface area contributed by atoms with Gasteiger partial charge in [0.15, 0.2) is 0 Å². The highest BCUT2D eigenvalue weighted by atomic mass is 16.4. The lowest BCUT2D eigenvalue weighted by molar-refractivity contribution is -0.206. The molecular formula is C27H44O5. The highest BCUT2D eigenvalue weighted by Gasteiger charge is 2.65. The Hall–Kier alpha value is -0.910. The number of hydrogen-bond acceptors (Lipinski definition) is 4. The largest absolute Gasteiger partial charge is 0.481 e. The van der Waals surface area contributed by atoms with Gasteiger partial charge in [-0.05, 0) is 105 Å². The number of carbonyl (C=O) groups is 1. The van der Waals surface area contributed by atoms with Gasteiger partial charge in [0, 0.05) is 0 Å². The number of aliphatic hydroxyl groups is 3. The normalized spacial score (nSPS) is 50.3. The lowest BCUT2D eigenvalue weighted by Gasteiger charge is -2.63. The first-order chi connectivity index (χ1) is 15.0. The van der Waals surface area contributed by atoms with Gasteiger partial charge >= 0.3 is 5.97 Å². The summed E-state index contributed by atoms with van der Waals surface area (Å²) in [6.45, 7) is 8.57. The minimum atomic E-state index is -0.802. The Morgan fingerprint density at radius 3 is 2.44 bits per heavy atom. The van der Waals surface area contributed by atoms with Crippen LogP contribution in [0.25, 0.3) is 0 Å². The summed E-state index contributed by atoms with van der Waals surface area (Å²) in [6.07, 6.45) is 9.93. The van der Waals surface area contributed by atoms with Crippen LogP contribution in [0.5, 0.6) is 0 Å². The van der Waals surface area contributed by atoms with Gasteiger partial charge in [0.1, 0.15) is 0 Å². The molecule has 0 aromatic heterocycles. The van der Waals surface area contributed by atoms with Crippen molar-refractivity contribution >= 4 is 5.97 Å². The number of hydrogen-bond donors (Lipinski definition) is 4. The second-order valence-corrected chi connectivity index (χ2v) is 12.3. The van der Waals surface area contributed by atoms with E-state index >= 15 is 0 Å². The summed E-state index contributed by atoms with van der Waals surface area (Å²) in [7, 11) is 0. The number of fused-ring (bicyclic) bond motifs is 5. The Morgan fingerprint density at radius 1 is 1.03 bits per heavy atom. The van der Waals surface area contributed by atoms with E-state index in [1.54, 1.807) is 13.0 Å². The van der Waals surface area contributed by atoms with Crippen LogP contribution < -0.4 is 0 Å². The first-order valence-corrected chi connectivity index (χ1v) is 12.9. The Kier molecular flexibility index (Phi) is 6.59. The molecular weight excluding hydrogens is 404 g/mol. The molecule has 0 amide bonds. The third kappa shape index (κ3) is 3.76. The monoisotopic (exact) mass is 448 g/mol. The maximum Gasteiger partial charge on any atom is 0.310 e. The second kappa shape index (κ2) is 8.70. The summed E-state index contributed by atoms with van der Waals surface area (Å²) in [4.78, 5) is 11.1. The van der Waals surface area contributed by atoms with Gasteiger partial charge < -0.3 is 20.4 Å². The van der Waals surface area contributed by atoms with E-state index < -0.39 is 11.9 Å². The van der Waals surface area contributed by atoms with Gasteiger partial charge in [-0.15, -0.1) is 0 Å². The fourth-order valence-electron chi connectivity index (χ4n) is 8.88. The smallest absolute Gasteiger partial charge is 0.310 e. The second-order valence-electron chi connectivity index (χ2n) is 12.3. The van der Waals surface area contributed by atoms with E-state index in [-0.39, 0.29) is 35.1 Å². The molecule has 12 atom stereocenters. The molecule has 5 nitrogen and oxygen atoms in total. The summed E-state index contributed by atoms with van der Waals surface area (Å²) in [5, 5.41) is 42.3. The van der Waals surface area contributed by atoms with E-state index in [4.69, 9.17) is 5.11 Å². The molecule has 4 rings (SSSR count). The molecule has 0 unspecified atom stereocenters. The van der Waals surface area contributed by atoms with Crippen LogP contribution in [-0.2, 0) is 4.79 Å². The van der Waals surface area contributed by atoms with E-state index in [2.05, 4.69) is 20.8 Å². The average Bonchev–Trinajstić information content (AvgIpc) is 3.08. The average molecular weight is 449 g/mol. The molecule has 0 radical (unpaired) electrons. The number of carboxylic acids is 1. The van der Waals surface area contributed by atoms with E-state index in [1.165, 1.54) is 0 Å². The highest BCUT2D eigenvalue weighted by molar-refractivity contribution is 5.71. The molecule has 5 heteroatoms. The summed E-state index contributed by atoms with van der Waals surface area (Å²) in [6, 6.07) is 0. The van der Waals surface area contributed by atoms with Crippen LogP contribution in [0, 0.1) is 52.3 Å². The van der Waals surface area contributed by atoms with Crippen LogP contribution in [0.4, 0.5) is 0 Å².